The molecule has 1 aromatic heterocycles. The molecule has 1 saturated heterocycles. The molecule has 4 rings (SSSR count). The van der Waals surface area contributed by atoms with Crippen LogP contribution in [0.15, 0.2) is 35.1 Å². The molecule has 0 bridgehead atoms. The largest absolute Gasteiger partial charge is 0.478 e. The van der Waals surface area contributed by atoms with Gasteiger partial charge in [-0.25, -0.2) is 14.2 Å². The van der Waals surface area contributed by atoms with Crippen LogP contribution in [0.4, 0.5) is 15.8 Å². The number of hydrogen-bond donors (Lipinski definition) is 2. The topological polar surface area (TPSA) is 76.4 Å². The molecule has 152 valence electrons. The molecule has 9 heteroatoms. The van der Waals surface area contributed by atoms with Gasteiger partial charge < -0.3 is 19.7 Å². The molecule has 0 spiro atoms. The molecular weight excluding hydrogens is 465 g/mol. The zero-order valence-electron chi connectivity index (χ0n) is 15.3. The van der Waals surface area contributed by atoms with E-state index in [0.29, 0.717) is 22.8 Å². The van der Waals surface area contributed by atoms with E-state index in [1.807, 2.05) is 0 Å². The number of aromatic nitrogens is 2. The predicted octanol–water partition coefficient (Wildman–Crippen LogP) is 5.60. The number of halogens is 3. The van der Waals surface area contributed by atoms with Gasteiger partial charge in [0.2, 0.25) is 0 Å². The van der Waals surface area contributed by atoms with Gasteiger partial charge in [-0.2, -0.15) is 0 Å². The van der Waals surface area contributed by atoms with E-state index in [-0.39, 0.29) is 22.9 Å². The molecule has 0 saturated carbocycles. The van der Waals surface area contributed by atoms with Crippen LogP contribution in [0, 0.1) is 5.82 Å². The lowest BCUT2D eigenvalue weighted by atomic mass is 10.1. The molecule has 3 aromatic rings. The Morgan fingerprint density at radius 3 is 2.97 bits per heavy atom. The minimum atomic E-state index is -1.24. The summed E-state index contributed by atoms with van der Waals surface area (Å²) in [6, 6.07) is 6.45. The minimum Gasteiger partial charge on any atom is -0.478 e. The first-order valence-electron chi connectivity index (χ1n) is 9.18. The van der Waals surface area contributed by atoms with E-state index >= 15 is 4.39 Å². The molecule has 1 unspecified atom stereocenters. The van der Waals surface area contributed by atoms with E-state index in [4.69, 9.17) is 16.3 Å². The predicted molar refractivity (Wildman–Crippen MR) is 113 cm³/mol. The van der Waals surface area contributed by atoms with Crippen molar-refractivity contribution in [1.82, 2.24) is 9.55 Å². The van der Waals surface area contributed by atoms with Crippen LogP contribution >= 0.6 is 27.5 Å². The van der Waals surface area contributed by atoms with Crippen molar-refractivity contribution < 1.29 is 19.0 Å². The summed E-state index contributed by atoms with van der Waals surface area (Å²) in [5.74, 6) is -1.97. The van der Waals surface area contributed by atoms with Crippen LogP contribution in [-0.2, 0) is 11.3 Å². The van der Waals surface area contributed by atoms with Gasteiger partial charge in [0.1, 0.15) is 5.52 Å². The van der Waals surface area contributed by atoms with Crippen LogP contribution in [0.1, 0.15) is 29.6 Å². The first kappa shape index (κ1) is 20.1. The molecule has 29 heavy (non-hydrogen) atoms. The van der Waals surface area contributed by atoms with Gasteiger partial charge in [-0.05, 0) is 43.5 Å². The molecule has 0 amide bonds. The number of carbonyl (C=O) groups is 1. The average molecular weight is 483 g/mol. The third-order valence-corrected chi connectivity index (χ3v) is 5.80. The van der Waals surface area contributed by atoms with Crippen LogP contribution in [0.25, 0.3) is 11.0 Å². The molecule has 2 N–H and O–H groups in total. The highest BCUT2D eigenvalue weighted by Crippen LogP contribution is 2.34. The summed E-state index contributed by atoms with van der Waals surface area (Å²) in [6.45, 7) is 1.34. The van der Waals surface area contributed by atoms with E-state index in [2.05, 4.69) is 26.2 Å². The van der Waals surface area contributed by atoms with Gasteiger partial charge in [0.05, 0.1) is 39.9 Å². The van der Waals surface area contributed by atoms with Crippen LogP contribution in [0.3, 0.4) is 0 Å². The minimum absolute atomic E-state index is 0.109. The molecule has 1 atom stereocenters. The maximum atomic E-state index is 15.3. The first-order valence-corrected chi connectivity index (χ1v) is 10.4. The number of rotatable bonds is 6. The number of hydrogen-bond acceptors (Lipinski definition) is 4. The van der Waals surface area contributed by atoms with Crippen molar-refractivity contribution in [2.24, 2.45) is 0 Å². The van der Waals surface area contributed by atoms with Crippen molar-refractivity contribution in [3.8, 4) is 0 Å². The zero-order chi connectivity index (χ0) is 20.5. The maximum absolute atomic E-state index is 15.3. The SMILES string of the molecule is O=C(O)c1cc2c(ncn2CCC2CCCO2)c(F)c1Nc1ccc(Br)cc1Cl. The maximum Gasteiger partial charge on any atom is 0.338 e. The first-order chi connectivity index (χ1) is 13.9. The van der Waals surface area contributed by atoms with Gasteiger partial charge >= 0.3 is 5.97 Å². The fraction of sp³-hybridized carbons (Fsp3) is 0.300. The Bertz CT molecular complexity index is 1080. The number of ether oxygens (including phenoxy) is 1. The fourth-order valence-corrected chi connectivity index (χ4v) is 4.23. The van der Waals surface area contributed by atoms with Gasteiger partial charge in [0.25, 0.3) is 0 Å². The van der Waals surface area contributed by atoms with Crippen molar-refractivity contribution in [3.05, 3.63) is 51.5 Å². The Kier molecular flexibility index (Phi) is 5.76. The summed E-state index contributed by atoms with van der Waals surface area (Å²) in [6.07, 6.45) is 4.52. The number of aryl methyl sites for hydroxylation is 1. The standard InChI is InChI=1S/C20H18BrClFN3O3/c21-11-3-4-15(14(22)8-11)25-18-13(20(27)28)9-16-19(17(18)23)24-10-26(16)6-5-12-2-1-7-29-12/h3-4,8-10,12,25H,1-2,5-7H2,(H,27,28). The molecule has 2 aromatic carbocycles. The van der Waals surface area contributed by atoms with Gasteiger partial charge in [0.15, 0.2) is 5.82 Å². The van der Waals surface area contributed by atoms with Gasteiger partial charge in [0, 0.05) is 17.6 Å². The summed E-state index contributed by atoms with van der Waals surface area (Å²) in [7, 11) is 0. The zero-order valence-corrected chi connectivity index (χ0v) is 17.6. The average Bonchev–Trinajstić information content (AvgIpc) is 3.33. The molecular formula is C20H18BrClFN3O3. The van der Waals surface area contributed by atoms with E-state index in [0.717, 1.165) is 30.3 Å². The van der Waals surface area contributed by atoms with Crippen molar-refractivity contribution in [2.45, 2.75) is 31.9 Å². The lowest BCUT2D eigenvalue weighted by Gasteiger charge is -2.14. The molecule has 0 radical (unpaired) electrons. The van der Waals surface area contributed by atoms with Gasteiger partial charge in [-0.1, -0.05) is 27.5 Å². The number of fused-ring (bicyclic) bond motifs is 1. The van der Waals surface area contributed by atoms with Crippen molar-refractivity contribution in [1.29, 1.82) is 0 Å². The number of anilines is 2. The second-order valence-electron chi connectivity index (χ2n) is 6.90. The van der Waals surface area contributed by atoms with Crippen LogP contribution in [0.5, 0.6) is 0 Å². The summed E-state index contributed by atoms with van der Waals surface area (Å²) in [5, 5.41) is 12.8. The highest BCUT2D eigenvalue weighted by Gasteiger charge is 2.23. The summed E-state index contributed by atoms with van der Waals surface area (Å²) in [5.41, 5.74) is 0.586. The number of aromatic carboxylic acids is 1. The number of nitrogens with one attached hydrogen (secondary N) is 1. The highest BCUT2D eigenvalue weighted by molar-refractivity contribution is 9.10. The Morgan fingerprint density at radius 2 is 2.28 bits per heavy atom. The molecule has 2 heterocycles. The molecule has 1 aliphatic heterocycles. The Labute approximate surface area is 179 Å². The smallest absolute Gasteiger partial charge is 0.338 e. The molecule has 6 nitrogen and oxygen atoms in total. The Hall–Kier alpha value is -2.16. The van der Waals surface area contributed by atoms with Crippen molar-refractivity contribution in [3.63, 3.8) is 0 Å². The van der Waals surface area contributed by atoms with E-state index < -0.39 is 11.8 Å². The number of carboxylic acids is 1. The highest BCUT2D eigenvalue weighted by atomic mass is 79.9. The second kappa shape index (κ2) is 8.30. The molecule has 0 aliphatic carbocycles. The lowest BCUT2D eigenvalue weighted by molar-refractivity contribution is 0.0697. The fourth-order valence-electron chi connectivity index (χ4n) is 3.51. The quantitative estimate of drug-likeness (QED) is 0.478. The second-order valence-corrected chi connectivity index (χ2v) is 8.22. The third-order valence-electron chi connectivity index (χ3n) is 4.99. The van der Waals surface area contributed by atoms with E-state index in [1.165, 1.54) is 12.4 Å². The number of carboxylic acid groups (broad SMARTS) is 1. The van der Waals surface area contributed by atoms with Crippen molar-refractivity contribution in [2.75, 3.05) is 11.9 Å². The van der Waals surface area contributed by atoms with E-state index in [9.17, 15) is 9.90 Å². The van der Waals surface area contributed by atoms with Crippen LogP contribution in [-0.4, -0.2) is 33.3 Å². The normalized spacial score (nSPS) is 16.4. The summed E-state index contributed by atoms with van der Waals surface area (Å²) < 4.78 is 23.4. The summed E-state index contributed by atoms with van der Waals surface area (Å²) in [4.78, 5) is 16.0. The van der Waals surface area contributed by atoms with Crippen molar-refractivity contribution >= 4 is 55.9 Å². The number of nitrogens with zero attached hydrogens (tertiary/aromatic N) is 2. The van der Waals surface area contributed by atoms with Crippen LogP contribution in [0.2, 0.25) is 5.02 Å². The van der Waals surface area contributed by atoms with E-state index in [1.54, 1.807) is 22.8 Å². The summed E-state index contributed by atoms with van der Waals surface area (Å²) >= 11 is 9.50. The Morgan fingerprint density at radius 1 is 1.45 bits per heavy atom. The monoisotopic (exact) mass is 481 g/mol. The number of imidazole rings is 1. The Balaban J connectivity index is 1.71. The number of benzene rings is 2. The molecule has 1 fully saturated rings. The van der Waals surface area contributed by atoms with Crippen LogP contribution < -0.4 is 5.32 Å². The van der Waals surface area contributed by atoms with Gasteiger partial charge in [-0.15, -0.1) is 0 Å². The third kappa shape index (κ3) is 4.10. The lowest BCUT2D eigenvalue weighted by Crippen LogP contribution is -2.10. The van der Waals surface area contributed by atoms with Gasteiger partial charge in [-0.3, -0.25) is 0 Å². The molecule has 1 aliphatic rings.